The average Bonchev–Trinajstić information content (AvgIpc) is 2.78. The van der Waals surface area contributed by atoms with Crippen molar-refractivity contribution in [3.8, 4) is 0 Å². The summed E-state index contributed by atoms with van der Waals surface area (Å²) in [5.41, 5.74) is 2.43. The standard InChI is InChI=1S/C14H16N4O2/c1-9(2)18-7-11(10(3)17-18)4-5-12-6-13(14(19)20)16-8-15-12/h4-9H,1-3H3,(H,19,20)/b5-4+. The van der Waals surface area contributed by atoms with Gasteiger partial charge < -0.3 is 5.11 Å². The zero-order chi connectivity index (χ0) is 14.7. The normalized spacial score (nSPS) is 11.4. The maximum absolute atomic E-state index is 10.8. The third-order valence-corrected chi connectivity index (χ3v) is 2.82. The molecule has 6 nitrogen and oxygen atoms in total. The second-order valence-corrected chi connectivity index (χ2v) is 4.71. The molecule has 2 heterocycles. The van der Waals surface area contributed by atoms with Crippen molar-refractivity contribution in [3.63, 3.8) is 0 Å². The van der Waals surface area contributed by atoms with Gasteiger partial charge in [-0.1, -0.05) is 0 Å². The SMILES string of the molecule is Cc1nn(C(C)C)cc1/C=C/c1cc(C(=O)O)ncn1. The molecule has 0 unspecified atom stereocenters. The molecule has 0 spiro atoms. The number of carboxylic acids is 1. The van der Waals surface area contributed by atoms with E-state index in [9.17, 15) is 4.79 Å². The maximum atomic E-state index is 10.8. The lowest BCUT2D eigenvalue weighted by Gasteiger charge is -2.02. The summed E-state index contributed by atoms with van der Waals surface area (Å²) in [6, 6.07) is 1.73. The lowest BCUT2D eigenvalue weighted by molar-refractivity contribution is 0.0690. The Hall–Kier alpha value is -2.50. The minimum absolute atomic E-state index is 0.0192. The van der Waals surface area contributed by atoms with Crippen molar-refractivity contribution in [3.05, 3.63) is 41.2 Å². The molecule has 0 saturated carbocycles. The second-order valence-electron chi connectivity index (χ2n) is 4.71. The summed E-state index contributed by atoms with van der Waals surface area (Å²) in [5.74, 6) is -1.06. The monoisotopic (exact) mass is 272 g/mol. The van der Waals surface area contributed by atoms with E-state index in [4.69, 9.17) is 5.11 Å². The lowest BCUT2D eigenvalue weighted by Crippen LogP contribution is -2.00. The quantitative estimate of drug-likeness (QED) is 0.924. The van der Waals surface area contributed by atoms with Crippen LogP contribution in [-0.2, 0) is 0 Å². The van der Waals surface area contributed by atoms with Gasteiger partial charge in [0.05, 0.1) is 11.4 Å². The van der Waals surface area contributed by atoms with Crippen LogP contribution < -0.4 is 0 Å². The molecule has 2 aromatic rings. The van der Waals surface area contributed by atoms with Crippen LogP contribution >= 0.6 is 0 Å². The largest absolute Gasteiger partial charge is 0.477 e. The van der Waals surface area contributed by atoms with Crippen LogP contribution in [0, 0.1) is 6.92 Å². The van der Waals surface area contributed by atoms with E-state index in [2.05, 4.69) is 28.9 Å². The van der Waals surface area contributed by atoms with Crippen LogP contribution in [0.5, 0.6) is 0 Å². The summed E-state index contributed by atoms with van der Waals surface area (Å²) in [6.07, 6.45) is 6.82. The van der Waals surface area contributed by atoms with Gasteiger partial charge in [-0.15, -0.1) is 0 Å². The van der Waals surface area contributed by atoms with E-state index >= 15 is 0 Å². The molecule has 0 amide bonds. The summed E-state index contributed by atoms with van der Waals surface area (Å²) in [4.78, 5) is 18.5. The molecule has 2 aromatic heterocycles. The first-order valence-corrected chi connectivity index (χ1v) is 6.26. The van der Waals surface area contributed by atoms with Gasteiger partial charge in [0.1, 0.15) is 6.33 Å². The molecule has 0 atom stereocenters. The first-order valence-electron chi connectivity index (χ1n) is 6.26. The number of aromatic nitrogens is 4. The number of carbonyl (C=O) groups is 1. The summed E-state index contributed by atoms with van der Waals surface area (Å²) in [6.45, 7) is 6.05. The smallest absolute Gasteiger partial charge is 0.354 e. The van der Waals surface area contributed by atoms with Crippen molar-refractivity contribution in [1.82, 2.24) is 19.7 Å². The van der Waals surface area contributed by atoms with Crippen LogP contribution in [0.4, 0.5) is 0 Å². The number of hydrogen-bond acceptors (Lipinski definition) is 4. The van der Waals surface area contributed by atoms with Gasteiger partial charge in [-0.25, -0.2) is 14.8 Å². The minimum Gasteiger partial charge on any atom is -0.477 e. The Morgan fingerprint density at radius 3 is 2.70 bits per heavy atom. The molecule has 0 aliphatic carbocycles. The zero-order valence-corrected chi connectivity index (χ0v) is 11.6. The minimum atomic E-state index is -1.06. The molecule has 0 saturated heterocycles. The first-order chi connectivity index (χ1) is 9.47. The second kappa shape index (κ2) is 5.64. The highest BCUT2D eigenvalue weighted by Crippen LogP contribution is 2.13. The van der Waals surface area contributed by atoms with Gasteiger partial charge in [-0.05, 0) is 39.0 Å². The molecule has 104 valence electrons. The molecule has 0 aliphatic heterocycles. The number of carboxylic acid groups (broad SMARTS) is 1. The van der Waals surface area contributed by atoms with Crippen molar-refractivity contribution in [2.45, 2.75) is 26.8 Å². The van der Waals surface area contributed by atoms with E-state index in [-0.39, 0.29) is 5.69 Å². The molecule has 0 aliphatic rings. The van der Waals surface area contributed by atoms with Gasteiger partial charge in [0, 0.05) is 17.8 Å². The summed E-state index contributed by atoms with van der Waals surface area (Å²) in [7, 11) is 0. The molecule has 0 fully saturated rings. The van der Waals surface area contributed by atoms with E-state index in [0.717, 1.165) is 11.3 Å². The maximum Gasteiger partial charge on any atom is 0.354 e. The van der Waals surface area contributed by atoms with Gasteiger partial charge >= 0.3 is 5.97 Å². The first kappa shape index (κ1) is 13.9. The van der Waals surface area contributed by atoms with Gasteiger partial charge in [-0.3, -0.25) is 4.68 Å². The summed E-state index contributed by atoms with van der Waals surface area (Å²) in [5, 5.41) is 13.3. The summed E-state index contributed by atoms with van der Waals surface area (Å²) < 4.78 is 1.89. The number of rotatable bonds is 4. The highest BCUT2D eigenvalue weighted by molar-refractivity contribution is 5.86. The predicted molar refractivity (Wildman–Crippen MR) is 75.3 cm³/mol. The molecule has 1 N–H and O–H groups in total. The fourth-order valence-electron chi connectivity index (χ4n) is 1.68. The number of aryl methyl sites for hydroxylation is 1. The van der Waals surface area contributed by atoms with Gasteiger partial charge in [-0.2, -0.15) is 5.10 Å². The van der Waals surface area contributed by atoms with E-state index in [0.29, 0.717) is 11.7 Å². The van der Waals surface area contributed by atoms with Gasteiger partial charge in [0.25, 0.3) is 0 Å². The highest BCUT2D eigenvalue weighted by Gasteiger charge is 2.06. The Bertz CT molecular complexity index is 659. The molecule has 0 aromatic carbocycles. The van der Waals surface area contributed by atoms with Crippen molar-refractivity contribution in [2.24, 2.45) is 0 Å². The van der Waals surface area contributed by atoms with Crippen LogP contribution in [0.2, 0.25) is 0 Å². The molecule has 6 heteroatoms. The van der Waals surface area contributed by atoms with Crippen molar-refractivity contribution < 1.29 is 9.90 Å². The van der Waals surface area contributed by atoms with E-state index in [1.807, 2.05) is 23.9 Å². The van der Waals surface area contributed by atoms with E-state index < -0.39 is 5.97 Å². The van der Waals surface area contributed by atoms with Crippen molar-refractivity contribution >= 4 is 18.1 Å². The van der Waals surface area contributed by atoms with Crippen molar-refractivity contribution in [2.75, 3.05) is 0 Å². The fraction of sp³-hybridized carbons (Fsp3) is 0.286. The highest BCUT2D eigenvalue weighted by atomic mass is 16.4. The predicted octanol–water partition coefficient (Wildman–Crippen LogP) is 2.43. The average molecular weight is 272 g/mol. The van der Waals surface area contributed by atoms with Crippen LogP contribution in [0.3, 0.4) is 0 Å². The molecule has 2 rings (SSSR count). The third-order valence-electron chi connectivity index (χ3n) is 2.82. The third kappa shape index (κ3) is 3.09. The van der Waals surface area contributed by atoms with E-state index in [1.54, 1.807) is 6.08 Å². The Morgan fingerprint density at radius 1 is 1.35 bits per heavy atom. The van der Waals surface area contributed by atoms with Crippen molar-refractivity contribution in [1.29, 1.82) is 0 Å². The topological polar surface area (TPSA) is 80.9 Å². The Balaban J connectivity index is 2.25. The van der Waals surface area contributed by atoms with Crippen LogP contribution in [0.15, 0.2) is 18.6 Å². The van der Waals surface area contributed by atoms with Crippen LogP contribution in [-0.4, -0.2) is 30.8 Å². The molecule has 0 radical (unpaired) electrons. The van der Waals surface area contributed by atoms with Crippen LogP contribution in [0.1, 0.15) is 47.3 Å². The Labute approximate surface area is 116 Å². The fourth-order valence-corrected chi connectivity index (χ4v) is 1.68. The van der Waals surface area contributed by atoms with Crippen LogP contribution in [0.25, 0.3) is 12.2 Å². The van der Waals surface area contributed by atoms with E-state index in [1.165, 1.54) is 12.4 Å². The molecular formula is C14H16N4O2. The number of aromatic carboxylic acids is 1. The number of nitrogens with zero attached hydrogens (tertiary/aromatic N) is 4. The number of hydrogen-bond donors (Lipinski definition) is 1. The summed E-state index contributed by atoms with van der Waals surface area (Å²) >= 11 is 0. The van der Waals surface area contributed by atoms with Gasteiger partial charge in [0.15, 0.2) is 5.69 Å². The molecular weight excluding hydrogens is 256 g/mol. The molecule has 20 heavy (non-hydrogen) atoms. The Morgan fingerprint density at radius 2 is 2.10 bits per heavy atom. The van der Waals surface area contributed by atoms with Gasteiger partial charge in [0.2, 0.25) is 0 Å². The lowest BCUT2D eigenvalue weighted by atomic mass is 10.2. The Kier molecular flexibility index (Phi) is 3.93. The molecule has 0 bridgehead atoms. The zero-order valence-electron chi connectivity index (χ0n) is 11.6.